The molecule has 0 saturated heterocycles. The average molecular weight is 423 g/mol. The van der Waals surface area contributed by atoms with Gasteiger partial charge in [-0.3, -0.25) is 15.0 Å². The van der Waals surface area contributed by atoms with Crippen molar-refractivity contribution >= 4 is 24.1 Å². The maximum Gasteiger partial charge on any atom is 0.426 e. The number of hydrogen-bond donors (Lipinski definition) is 3. The largest absolute Gasteiger partial charge is 0.466 e. The van der Waals surface area contributed by atoms with E-state index in [2.05, 4.69) is 16.2 Å². The highest BCUT2D eigenvalue weighted by molar-refractivity contribution is 5.87. The van der Waals surface area contributed by atoms with Gasteiger partial charge in [0.25, 0.3) is 5.91 Å². The second kappa shape index (κ2) is 12.3. The standard InChI is InChI=1S/C20H29N3O7/c1-5-28-16(24)12-11-15(17(25)22-23-19(27)30-20(2,3)4)21-18(26)29-13-14-9-7-6-8-10-14/h6-10,15H,5,11-13H2,1-4H3,(H,21,26)(H,22,25)(H,23,27)/t15-/m1/s1. The molecule has 0 saturated carbocycles. The fraction of sp³-hybridized carbons (Fsp3) is 0.500. The summed E-state index contributed by atoms with van der Waals surface area (Å²) in [6.45, 7) is 6.87. The monoisotopic (exact) mass is 423 g/mol. The van der Waals surface area contributed by atoms with E-state index in [0.29, 0.717) is 0 Å². The summed E-state index contributed by atoms with van der Waals surface area (Å²) in [6, 6.07) is 7.85. The molecule has 166 valence electrons. The van der Waals surface area contributed by atoms with E-state index >= 15 is 0 Å². The molecule has 1 atom stereocenters. The Morgan fingerprint density at radius 1 is 0.967 bits per heavy atom. The Morgan fingerprint density at radius 3 is 2.23 bits per heavy atom. The van der Waals surface area contributed by atoms with E-state index in [-0.39, 0.29) is 26.1 Å². The van der Waals surface area contributed by atoms with Crippen molar-refractivity contribution < 1.29 is 33.4 Å². The van der Waals surface area contributed by atoms with Crippen molar-refractivity contribution in [3.63, 3.8) is 0 Å². The molecule has 3 amide bonds. The number of carbonyl (C=O) groups excluding carboxylic acids is 4. The lowest BCUT2D eigenvalue weighted by Crippen LogP contribution is -2.53. The molecule has 0 aromatic heterocycles. The van der Waals surface area contributed by atoms with E-state index in [1.54, 1.807) is 52.0 Å². The zero-order valence-electron chi connectivity index (χ0n) is 17.7. The molecule has 0 unspecified atom stereocenters. The van der Waals surface area contributed by atoms with Crippen LogP contribution in [0.5, 0.6) is 0 Å². The van der Waals surface area contributed by atoms with Crippen molar-refractivity contribution in [1.29, 1.82) is 0 Å². The van der Waals surface area contributed by atoms with Crippen LogP contribution in [0.25, 0.3) is 0 Å². The first-order chi connectivity index (χ1) is 14.1. The molecule has 3 N–H and O–H groups in total. The number of rotatable bonds is 8. The summed E-state index contributed by atoms with van der Waals surface area (Å²) in [7, 11) is 0. The third-order valence-corrected chi connectivity index (χ3v) is 3.45. The first-order valence-corrected chi connectivity index (χ1v) is 9.52. The summed E-state index contributed by atoms with van der Waals surface area (Å²) in [6.07, 6.45) is -1.88. The van der Waals surface area contributed by atoms with Crippen LogP contribution in [-0.2, 0) is 30.4 Å². The minimum absolute atomic E-state index is 0.00898. The number of alkyl carbamates (subject to hydrolysis) is 1. The Kier molecular flexibility index (Phi) is 10.1. The van der Waals surface area contributed by atoms with Gasteiger partial charge in [0.2, 0.25) is 0 Å². The van der Waals surface area contributed by atoms with E-state index in [1.165, 1.54) is 0 Å². The molecule has 0 heterocycles. The number of ether oxygens (including phenoxy) is 3. The lowest BCUT2D eigenvalue weighted by Gasteiger charge is -2.21. The quantitative estimate of drug-likeness (QED) is 0.332. The van der Waals surface area contributed by atoms with Crippen LogP contribution in [0.3, 0.4) is 0 Å². The molecule has 10 heteroatoms. The van der Waals surface area contributed by atoms with Crippen molar-refractivity contribution in [1.82, 2.24) is 16.2 Å². The van der Waals surface area contributed by atoms with Crippen LogP contribution in [-0.4, -0.2) is 42.3 Å². The van der Waals surface area contributed by atoms with Gasteiger partial charge in [-0.2, -0.15) is 0 Å². The van der Waals surface area contributed by atoms with E-state index in [4.69, 9.17) is 14.2 Å². The maximum absolute atomic E-state index is 12.4. The number of carbonyl (C=O) groups is 4. The molecule has 0 aliphatic heterocycles. The molecule has 0 aliphatic carbocycles. The summed E-state index contributed by atoms with van der Waals surface area (Å²) in [5, 5.41) is 2.38. The fourth-order valence-corrected chi connectivity index (χ4v) is 2.17. The van der Waals surface area contributed by atoms with Crippen LogP contribution in [0, 0.1) is 0 Å². The molecule has 0 aliphatic rings. The topological polar surface area (TPSA) is 132 Å². The van der Waals surface area contributed by atoms with Crippen molar-refractivity contribution in [2.24, 2.45) is 0 Å². The summed E-state index contributed by atoms with van der Waals surface area (Å²) >= 11 is 0. The fourth-order valence-electron chi connectivity index (χ4n) is 2.17. The zero-order valence-corrected chi connectivity index (χ0v) is 17.7. The number of nitrogens with one attached hydrogen (secondary N) is 3. The molecule has 1 rings (SSSR count). The minimum Gasteiger partial charge on any atom is -0.466 e. The van der Waals surface area contributed by atoms with Crippen molar-refractivity contribution in [3.8, 4) is 0 Å². The van der Waals surface area contributed by atoms with Gasteiger partial charge in [0, 0.05) is 6.42 Å². The molecule has 1 aromatic carbocycles. The Morgan fingerprint density at radius 2 is 1.63 bits per heavy atom. The van der Waals surface area contributed by atoms with Gasteiger partial charge in [-0.1, -0.05) is 30.3 Å². The highest BCUT2D eigenvalue weighted by Crippen LogP contribution is 2.06. The first kappa shape index (κ1) is 24.7. The van der Waals surface area contributed by atoms with Crippen LogP contribution < -0.4 is 16.2 Å². The van der Waals surface area contributed by atoms with Gasteiger partial charge in [-0.25, -0.2) is 15.0 Å². The summed E-state index contributed by atoms with van der Waals surface area (Å²) < 4.78 is 14.9. The number of esters is 1. The summed E-state index contributed by atoms with van der Waals surface area (Å²) in [5.74, 6) is -1.27. The van der Waals surface area contributed by atoms with Crippen LogP contribution in [0.1, 0.15) is 46.1 Å². The van der Waals surface area contributed by atoms with Gasteiger partial charge >= 0.3 is 18.2 Å². The maximum atomic E-state index is 12.4. The second-order valence-electron chi connectivity index (χ2n) is 7.22. The van der Waals surface area contributed by atoms with Gasteiger partial charge in [-0.05, 0) is 39.7 Å². The molecule has 0 bridgehead atoms. The van der Waals surface area contributed by atoms with E-state index in [0.717, 1.165) is 5.56 Å². The van der Waals surface area contributed by atoms with Crippen molar-refractivity contribution in [2.75, 3.05) is 6.61 Å². The Labute approximate surface area is 175 Å². The molecule has 0 radical (unpaired) electrons. The SMILES string of the molecule is CCOC(=O)CC[C@@H](NC(=O)OCc1ccccc1)C(=O)NNC(=O)OC(C)(C)C. The van der Waals surface area contributed by atoms with E-state index in [9.17, 15) is 19.2 Å². The number of hydrogen-bond acceptors (Lipinski definition) is 7. The normalized spacial score (nSPS) is 11.6. The highest BCUT2D eigenvalue weighted by atomic mass is 16.6. The van der Waals surface area contributed by atoms with Gasteiger partial charge < -0.3 is 19.5 Å². The first-order valence-electron chi connectivity index (χ1n) is 9.52. The molecule has 30 heavy (non-hydrogen) atoms. The van der Waals surface area contributed by atoms with Gasteiger partial charge in [0.1, 0.15) is 18.2 Å². The highest BCUT2D eigenvalue weighted by Gasteiger charge is 2.24. The molecular formula is C20H29N3O7. The van der Waals surface area contributed by atoms with Crippen LogP contribution in [0.4, 0.5) is 9.59 Å². The molecular weight excluding hydrogens is 394 g/mol. The Balaban J connectivity index is 2.63. The third-order valence-electron chi connectivity index (χ3n) is 3.45. The van der Waals surface area contributed by atoms with E-state index < -0.39 is 35.7 Å². The van der Waals surface area contributed by atoms with Crippen LogP contribution in [0.2, 0.25) is 0 Å². The van der Waals surface area contributed by atoms with Gasteiger partial charge in [-0.15, -0.1) is 0 Å². The van der Waals surface area contributed by atoms with Gasteiger partial charge in [0.05, 0.1) is 6.61 Å². The van der Waals surface area contributed by atoms with Crippen LogP contribution >= 0.6 is 0 Å². The lowest BCUT2D eigenvalue weighted by molar-refractivity contribution is -0.143. The average Bonchev–Trinajstić information content (AvgIpc) is 2.67. The lowest BCUT2D eigenvalue weighted by atomic mass is 10.1. The summed E-state index contributed by atoms with van der Waals surface area (Å²) in [4.78, 5) is 47.8. The van der Waals surface area contributed by atoms with Crippen LogP contribution in [0.15, 0.2) is 30.3 Å². The predicted octanol–water partition coefficient (Wildman–Crippen LogP) is 2.18. The Hall–Kier alpha value is -3.30. The third kappa shape index (κ3) is 10.9. The smallest absolute Gasteiger partial charge is 0.426 e. The van der Waals surface area contributed by atoms with Gasteiger partial charge in [0.15, 0.2) is 0 Å². The number of amides is 3. The number of benzene rings is 1. The number of hydrazine groups is 1. The Bertz CT molecular complexity index is 717. The molecule has 0 spiro atoms. The zero-order chi connectivity index (χ0) is 22.6. The molecule has 10 nitrogen and oxygen atoms in total. The second-order valence-corrected chi connectivity index (χ2v) is 7.22. The predicted molar refractivity (Wildman–Crippen MR) is 107 cm³/mol. The van der Waals surface area contributed by atoms with E-state index in [1.807, 2.05) is 6.07 Å². The van der Waals surface area contributed by atoms with Crippen molar-refractivity contribution in [2.45, 2.75) is 58.8 Å². The molecule has 1 aromatic rings. The summed E-state index contributed by atoms with van der Waals surface area (Å²) in [5.41, 5.74) is 4.27. The minimum atomic E-state index is -1.15. The van der Waals surface area contributed by atoms with Crippen molar-refractivity contribution in [3.05, 3.63) is 35.9 Å². The molecule has 0 fully saturated rings.